The van der Waals surface area contributed by atoms with Crippen molar-refractivity contribution in [1.29, 1.82) is 0 Å². The molecule has 1 aromatic carbocycles. The number of isocyanates is 1. The van der Waals surface area contributed by atoms with Gasteiger partial charge in [-0.1, -0.05) is 12.1 Å². The Morgan fingerprint density at radius 1 is 1.35 bits per heavy atom. The first-order valence-corrected chi connectivity index (χ1v) is 5.58. The molecule has 0 aromatic heterocycles. The fourth-order valence-corrected chi connectivity index (χ4v) is 1.46. The highest BCUT2D eigenvalue weighted by molar-refractivity contribution is 5.69. The fraction of sp³-hybridized carbons (Fsp3) is 0.385. The highest BCUT2D eigenvalue weighted by atomic mass is 16.5. The van der Waals surface area contributed by atoms with Gasteiger partial charge in [0, 0.05) is 6.42 Å². The maximum Gasteiger partial charge on any atom is 0.305 e. The second-order valence-electron chi connectivity index (χ2n) is 3.53. The van der Waals surface area contributed by atoms with Crippen LogP contribution < -0.4 is 0 Å². The molecule has 0 saturated heterocycles. The molecule has 0 amide bonds. The van der Waals surface area contributed by atoms with E-state index in [1.165, 1.54) is 6.08 Å². The van der Waals surface area contributed by atoms with Crippen LogP contribution in [-0.4, -0.2) is 18.7 Å². The van der Waals surface area contributed by atoms with E-state index in [0.717, 1.165) is 18.4 Å². The molecule has 4 nitrogen and oxygen atoms in total. The Morgan fingerprint density at radius 3 is 2.65 bits per heavy atom. The number of aryl methyl sites for hydroxylation is 1. The van der Waals surface area contributed by atoms with Crippen LogP contribution in [0.25, 0.3) is 0 Å². The lowest BCUT2D eigenvalue weighted by molar-refractivity contribution is -0.143. The second-order valence-corrected chi connectivity index (χ2v) is 3.53. The molecule has 1 aromatic rings. The highest BCUT2D eigenvalue weighted by Crippen LogP contribution is 2.13. The van der Waals surface area contributed by atoms with Crippen molar-refractivity contribution in [3.8, 4) is 0 Å². The summed E-state index contributed by atoms with van der Waals surface area (Å²) in [6.07, 6.45) is 3.49. The number of hydrogen-bond donors (Lipinski definition) is 0. The first-order valence-electron chi connectivity index (χ1n) is 5.58. The molecule has 0 N–H and O–H groups in total. The smallest absolute Gasteiger partial charge is 0.305 e. The average Bonchev–Trinajstić information content (AvgIpc) is 2.32. The quantitative estimate of drug-likeness (QED) is 0.431. The molecule has 0 aliphatic heterocycles. The van der Waals surface area contributed by atoms with Gasteiger partial charge in [-0.15, -0.1) is 0 Å². The van der Waals surface area contributed by atoms with E-state index in [4.69, 9.17) is 4.74 Å². The van der Waals surface area contributed by atoms with Crippen LogP contribution in [0.15, 0.2) is 29.3 Å². The van der Waals surface area contributed by atoms with E-state index in [1.807, 2.05) is 12.1 Å². The zero-order valence-corrected chi connectivity index (χ0v) is 9.81. The lowest BCUT2D eigenvalue weighted by Gasteiger charge is -2.02. The number of carbonyl (C=O) groups excluding carboxylic acids is 2. The van der Waals surface area contributed by atoms with E-state index < -0.39 is 0 Å². The SMILES string of the molecule is CCOC(=O)CCCc1ccc(N=C=O)cc1. The van der Waals surface area contributed by atoms with Crippen molar-refractivity contribution >= 4 is 17.7 Å². The molecule has 0 heterocycles. The number of benzene rings is 1. The van der Waals surface area contributed by atoms with Crippen molar-refractivity contribution in [2.75, 3.05) is 6.61 Å². The van der Waals surface area contributed by atoms with Crippen LogP contribution in [0.4, 0.5) is 5.69 Å². The Balaban J connectivity index is 2.37. The minimum absolute atomic E-state index is 0.158. The molecule has 0 bridgehead atoms. The van der Waals surface area contributed by atoms with Crippen LogP contribution in [0.2, 0.25) is 0 Å². The molecule has 17 heavy (non-hydrogen) atoms. The molecule has 0 aliphatic carbocycles. The third-order valence-electron chi connectivity index (χ3n) is 2.26. The van der Waals surface area contributed by atoms with Gasteiger partial charge in [-0.25, -0.2) is 4.79 Å². The predicted octanol–water partition coefficient (Wildman–Crippen LogP) is 2.54. The molecule has 0 radical (unpaired) electrons. The highest BCUT2D eigenvalue weighted by Gasteiger charge is 2.01. The number of hydrogen-bond acceptors (Lipinski definition) is 4. The summed E-state index contributed by atoms with van der Waals surface area (Å²) in [4.78, 5) is 24.6. The van der Waals surface area contributed by atoms with Crippen LogP contribution in [0.5, 0.6) is 0 Å². The molecular weight excluding hydrogens is 218 g/mol. The average molecular weight is 233 g/mol. The van der Waals surface area contributed by atoms with Crippen LogP contribution in [0, 0.1) is 0 Å². The predicted molar refractivity (Wildman–Crippen MR) is 63.8 cm³/mol. The van der Waals surface area contributed by atoms with Gasteiger partial charge in [-0.2, -0.15) is 4.99 Å². The Labute approximate surface area is 100 Å². The molecule has 4 heteroatoms. The molecule has 0 unspecified atom stereocenters. The van der Waals surface area contributed by atoms with Crippen molar-refractivity contribution < 1.29 is 14.3 Å². The number of carbonyl (C=O) groups is 1. The maximum atomic E-state index is 11.1. The van der Waals surface area contributed by atoms with E-state index in [1.54, 1.807) is 19.1 Å². The molecule has 0 atom stereocenters. The van der Waals surface area contributed by atoms with Crippen LogP contribution in [0.1, 0.15) is 25.3 Å². The number of aliphatic imine (C=N–C) groups is 1. The van der Waals surface area contributed by atoms with Gasteiger partial charge in [0.15, 0.2) is 0 Å². The zero-order chi connectivity index (χ0) is 12.5. The third-order valence-corrected chi connectivity index (χ3v) is 2.26. The van der Waals surface area contributed by atoms with E-state index >= 15 is 0 Å². The maximum absolute atomic E-state index is 11.1. The number of ether oxygens (including phenoxy) is 1. The van der Waals surface area contributed by atoms with Gasteiger partial charge in [-0.3, -0.25) is 4.79 Å². The van der Waals surface area contributed by atoms with Gasteiger partial charge in [0.1, 0.15) is 0 Å². The third kappa shape index (κ3) is 5.09. The summed E-state index contributed by atoms with van der Waals surface area (Å²) in [6, 6.07) is 7.29. The van der Waals surface area contributed by atoms with Gasteiger partial charge in [0.05, 0.1) is 12.3 Å². The van der Waals surface area contributed by atoms with E-state index in [2.05, 4.69) is 4.99 Å². The van der Waals surface area contributed by atoms with Crippen molar-refractivity contribution in [2.24, 2.45) is 4.99 Å². The van der Waals surface area contributed by atoms with E-state index in [0.29, 0.717) is 18.7 Å². The summed E-state index contributed by atoms with van der Waals surface area (Å²) in [5, 5.41) is 0. The van der Waals surface area contributed by atoms with Gasteiger partial charge < -0.3 is 4.74 Å². The summed E-state index contributed by atoms with van der Waals surface area (Å²) >= 11 is 0. The fourth-order valence-electron chi connectivity index (χ4n) is 1.46. The largest absolute Gasteiger partial charge is 0.466 e. The molecule has 0 saturated carbocycles. The molecule has 1 rings (SSSR count). The Morgan fingerprint density at radius 2 is 2.06 bits per heavy atom. The molecule has 0 fully saturated rings. The van der Waals surface area contributed by atoms with Crippen molar-refractivity contribution in [2.45, 2.75) is 26.2 Å². The summed E-state index contributed by atoms with van der Waals surface area (Å²) in [5.41, 5.74) is 1.70. The Hall–Kier alpha value is -1.93. The standard InChI is InChI=1S/C13H15NO3/c1-2-17-13(16)5-3-4-11-6-8-12(9-7-11)14-10-15/h6-9H,2-5H2,1H3. The van der Waals surface area contributed by atoms with Crippen molar-refractivity contribution in [1.82, 2.24) is 0 Å². The van der Waals surface area contributed by atoms with Gasteiger partial charge >= 0.3 is 5.97 Å². The number of esters is 1. The number of nitrogens with zero attached hydrogens (tertiary/aromatic N) is 1. The van der Waals surface area contributed by atoms with Crippen LogP contribution in [-0.2, 0) is 20.7 Å². The zero-order valence-electron chi connectivity index (χ0n) is 9.81. The van der Waals surface area contributed by atoms with Crippen molar-refractivity contribution in [3.63, 3.8) is 0 Å². The van der Waals surface area contributed by atoms with Crippen LogP contribution in [0.3, 0.4) is 0 Å². The van der Waals surface area contributed by atoms with Gasteiger partial charge in [0.25, 0.3) is 0 Å². The number of rotatable bonds is 6. The van der Waals surface area contributed by atoms with E-state index in [-0.39, 0.29) is 5.97 Å². The molecular formula is C13H15NO3. The minimum atomic E-state index is -0.158. The molecule has 0 aliphatic rings. The van der Waals surface area contributed by atoms with Gasteiger partial charge in [0.2, 0.25) is 6.08 Å². The Kier molecular flexibility index (Phi) is 5.69. The topological polar surface area (TPSA) is 55.7 Å². The monoisotopic (exact) mass is 233 g/mol. The summed E-state index contributed by atoms with van der Waals surface area (Å²) in [6.45, 7) is 2.22. The normalized spacial score (nSPS) is 9.47. The second kappa shape index (κ2) is 7.36. The molecule has 90 valence electrons. The van der Waals surface area contributed by atoms with Crippen molar-refractivity contribution in [3.05, 3.63) is 29.8 Å². The Bertz CT molecular complexity index is 405. The molecule has 0 spiro atoms. The lowest BCUT2D eigenvalue weighted by Crippen LogP contribution is -2.03. The van der Waals surface area contributed by atoms with Crippen LogP contribution >= 0.6 is 0 Å². The van der Waals surface area contributed by atoms with E-state index in [9.17, 15) is 9.59 Å². The summed E-state index contributed by atoms with van der Waals surface area (Å²) < 4.78 is 4.83. The lowest BCUT2D eigenvalue weighted by atomic mass is 10.1. The summed E-state index contributed by atoms with van der Waals surface area (Å²) in [5.74, 6) is -0.158. The minimum Gasteiger partial charge on any atom is -0.466 e. The first-order chi connectivity index (χ1) is 8.26. The van der Waals surface area contributed by atoms with Gasteiger partial charge in [-0.05, 0) is 37.5 Å². The summed E-state index contributed by atoms with van der Waals surface area (Å²) in [7, 11) is 0. The first kappa shape index (κ1) is 13.1.